The second-order valence-electron chi connectivity index (χ2n) is 5.37. The van der Waals surface area contributed by atoms with Crippen LogP contribution >= 0.6 is 22.6 Å². The van der Waals surface area contributed by atoms with Crippen LogP contribution in [0, 0.1) is 17.4 Å². The molecule has 0 bridgehead atoms. The van der Waals surface area contributed by atoms with Gasteiger partial charge in [0.1, 0.15) is 0 Å². The van der Waals surface area contributed by atoms with Crippen LogP contribution in [0.5, 0.6) is 0 Å². The predicted octanol–water partition coefficient (Wildman–Crippen LogP) is 4.01. The van der Waals surface area contributed by atoms with Gasteiger partial charge in [-0.15, -0.1) is 0 Å². The summed E-state index contributed by atoms with van der Waals surface area (Å²) in [6.45, 7) is 3.90. The standard InChI is InChI=1S/C17H15IN2O2S/c1-12-6-8-15(9-7-12)23(21,22)20-17(16(18)11-19-20)14-5-3-4-13(2)10-14/h3-11H,1-2H3. The molecule has 118 valence electrons. The van der Waals surface area contributed by atoms with Crippen LogP contribution in [0.15, 0.2) is 59.6 Å². The van der Waals surface area contributed by atoms with Crippen LogP contribution in [-0.4, -0.2) is 17.6 Å². The molecule has 0 unspecified atom stereocenters. The first-order chi connectivity index (χ1) is 10.9. The van der Waals surface area contributed by atoms with E-state index in [4.69, 9.17) is 0 Å². The minimum Gasteiger partial charge on any atom is -0.199 e. The van der Waals surface area contributed by atoms with E-state index < -0.39 is 10.0 Å². The van der Waals surface area contributed by atoms with E-state index in [1.165, 1.54) is 0 Å². The number of aryl methyl sites for hydroxylation is 2. The van der Waals surface area contributed by atoms with Gasteiger partial charge < -0.3 is 0 Å². The maximum absolute atomic E-state index is 12.9. The van der Waals surface area contributed by atoms with Crippen molar-refractivity contribution in [3.8, 4) is 11.3 Å². The van der Waals surface area contributed by atoms with Crippen LogP contribution in [0.4, 0.5) is 0 Å². The molecule has 0 saturated carbocycles. The van der Waals surface area contributed by atoms with Gasteiger partial charge in [0, 0.05) is 5.56 Å². The highest BCUT2D eigenvalue weighted by molar-refractivity contribution is 14.1. The molecule has 1 aromatic heterocycles. The molecule has 4 nitrogen and oxygen atoms in total. The second kappa shape index (κ2) is 6.09. The number of hydrogen-bond donors (Lipinski definition) is 0. The zero-order valence-electron chi connectivity index (χ0n) is 12.7. The molecule has 3 aromatic rings. The molecular weight excluding hydrogens is 423 g/mol. The first-order valence-electron chi connectivity index (χ1n) is 7.02. The average molecular weight is 438 g/mol. The Kier molecular flexibility index (Phi) is 4.29. The van der Waals surface area contributed by atoms with Crippen LogP contribution in [0.2, 0.25) is 0 Å². The van der Waals surface area contributed by atoms with Crippen LogP contribution in [-0.2, 0) is 10.0 Å². The van der Waals surface area contributed by atoms with E-state index in [2.05, 4.69) is 27.7 Å². The van der Waals surface area contributed by atoms with E-state index >= 15 is 0 Å². The van der Waals surface area contributed by atoms with Gasteiger partial charge in [-0.2, -0.15) is 17.6 Å². The van der Waals surface area contributed by atoms with Crippen molar-refractivity contribution < 1.29 is 8.42 Å². The van der Waals surface area contributed by atoms with E-state index in [1.54, 1.807) is 30.5 Å². The maximum Gasteiger partial charge on any atom is 0.283 e. The Bertz CT molecular complexity index is 961. The molecule has 0 saturated heterocycles. The average Bonchev–Trinajstić information content (AvgIpc) is 2.90. The number of aromatic nitrogens is 2. The third-order valence-corrected chi connectivity index (χ3v) is 5.92. The summed E-state index contributed by atoms with van der Waals surface area (Å²) in [5, 5.41) is 4.11. The van der Waals surface area contributed by atoms with Gasteiger partial charge in [0.15, 0.2) is 0 Å². The van der Waals surface area contributed by atoms with E-state index in [1.807, 2.05) is 38.1 Å². The Hall–Kier alpha value is -1.67. The van der Waals surface area contributed by atoms with Crippen molar-refractivity contribution in [2.75, 3.05) is 0 Å². The molecule has 23 heavy (non-hydrogen) atoms. The minimum absolute atomic E-state index is 0.233. The maximum atomic E-state index is 12.9. The van der Waals surface area contributed by atoms with Crippen LogP contribution < -0.4 is 0 Å². The normalized spacial score (nSPS) is 11.6. The van der Waals surface area contributed by atoms with E-state index in [0.29, 0.717) is 5.69 Å². The molecule has 3 rings (SSSR count). The third-order valence-electron chi connectivity index (χ3n) is 3.53. The van der Waals surface area contributed by atoms with Crippen LogP contribution in [0.25, 0.3) is 11.3 Å². The number of halogens is 1. The van der Waals surface area contributed by atoms with Crippen molar-refractivity contribution in [1.29, 1.82) is 0 Å². The Morgan fingerprint density at radius 3 is 2.35 bits per heavy atom. The summed E-state index contributed by atoms with van der Waals surface area (Å²) in [6.07, 6.45) is 1.57. The molecule has 0 radical (unpaired) electrons. The first-order valence-corrected chi connectivity index (χ1v) is 9.54. The van der Waals surface area contributed by atoms with Crippen molar-refractivity contribution in [1.82, 2.24) is 9.19 Å². The summed E-state index contributed by atoms with van der Waals surface area (Å²) in [4.78, 5) is 0.233. The molecule has 0 spiro atoms. The van der Waals surface area contributed by atoms with Gasteiger partial charge in [-0.25, -0.2) is 0 Å². The van der Waals surface area contributed by atoms with Gasteiger partial charge in [0.05, 0.1) is 20.4 Å². The lowest BCUT2D eigenvalue weighted by Crippen LogP contribution is -2.16. The van der Waals surface area contributed by atoms with E-state index in [0.717, 1.165) is 24.3 Å². The van der Waals surface area contributed by atoms with Gasteiger partial charge >= 0.3 is 0 Å². The molecule has 0 aliphatic carbocycles. The molecule has 0 aliphatic rings. The molecule has 1 heterocycles. The fourth-order valence-electron chi connectivity index (χ4n) is 2.35. The Morgan fingerprint density at radius 1 is 1.00 bits per heavy atom. The van der Waals surface area contributed by atoms with E-state index in [9.17, 15) is 8.42 Å². The molecular formula is C17H15IN2O2S. The number of nitrogens with zero attached hydrogens (tertiary/aromatic N) is 2. The van der Waals surface area contributed by atoms with Gasteiger partial charge in [-0.05, 0) is 54.6 Å². The zero-order chi connectivity index (χ0) is 16.6. The van der Waals surface area contributed by atoms with Crippen LogP contribution in [0.3, 0.4) is 0 Å². The van der Waals surface area contributed by atoms with Crippen molar-refractivity contribution in [2.24, 2.45) is 0 Å². The predicted molar refractivity (Wildman–Crippen MR) is 98.9 cm³/mol. The third kappa shape index (κ3) is 3.05. The van der Waals surface area contributed by atoms with E-state index in [-0.39, 0.29) is 4.90 Å². The summed E-state index contributed by atoms with van der Waals surface area (Å²) < 4.78 is 27.8. The second-order valence-corrected chi connectivity index (χ2v) is 8.30. The molecule has 0 atom stereocenters. The fourth-order valence-corrected chi connectivity index (χ4v) is 4.47. The van der Waals surface area contributed by atoms with Crippen molar-refractivity contribution in [3.05, 3.63) is 69.4 Å². The minimum atomic E-state index is -3.73. The molecule has 0 N–H and O–H groups in total. The summed E-state index contributed by atoms with van der Waals surface area (Å²) in [5.74, 6) is 0. The van der Waals surface area contributed by atoms with Gasteiger partial charge in [-0.1, -0.05) is 41.5 Å². The van der Waals surface area contributed by atoms with Crippen molar-refractivity contribution in [3.63, 3.8) is 0 Å². The fraction of sp³-hybridized carbons (Fsp3) is 0.118. The summed E-state index contributed by atoms with van der Waals surface area (Å²) >= 11 is 2.11. The number of hydrogen-bond acceptors (Lipinski definition) is 3. The number of rotatable bonds is 3. The largest absolute Gasteiger partial charge is 0.283 e. The molecule has 2 aromatic carbocycles. The van der Waals surface area contributed by atoms with Crippen molar-refractivity contribution in [2.45, 2.75) is 18.7 Å². The number of benzene rings is 2. The Balaban J connectivity index is 2.20. The van der Waals surface area contributed by atoms with Crippen molar-refractivity contribution >= 4 is 32.6 Å². The Labute approximate surface area is 149 Å². The van der Waals surface area contributed by atoms with Gasteiger partial charge in [0.25, 0.3) is 10.0 Å². The van der Waals surface area contributed by atoms with Crippen LogP contribution in [0.1, 0.15) is 11.1 Å². The lowest BCUT2D eigenvalue weighted by atomic mass is 10.1. The molecule has 0 aliphatic heterocycles. The highest BCUT2D eigenvalue weighted by Gasteiger charge is 2.24. The SMILES string of the molecule is Cc1ccc(S(=O)(=O)n2ncc(I)c2-c2cccc(C)c2)cc1. The zero-order valence-corrected chi connectivity index (χ0v) is 15.7. The smallest absolute Gasteiger partial charge is 0.199 e. The highest BCUT2D eigenvalue weighted by atomic mass is 127. The molecule has 0 fully saturated rings. The molecule has 0 amide bonds. The summed E-state index contributed by atoms with van der Waals surface area (Å²) in [6, 6.07) is 14.5. The Morgan fingerprint density at radius 2 is 1.70 bits per heavy atom. The topological polar surface area (TPSA) is 52.0 Å². The summed E-state index contributed by atoms with van der Waals surface area (Å²) in [7, 11) is -3.73. The summed E-state index contributed by atoms with van der Waals surface area (Å²) in [5.41, 5.74) is 3.51. The van der Waals surface area contributed by atoms with Gasteiger partial charge in [-0.3, -0.25) is 0 Å². The molecule has 6 heteroatoms. The lowest BCUT2D eigenvalue weighted by molar-refractivity contribution is 0.581. The van der Waals surface area contributed by atoms with Gasteiger partial charge in [0.2, 0.25) is 0 Å². The monoisotopic (exact) mass is 438 g/mol. The lowest BCUT2D eigenvalue weighted by Gasteiger charge is -2.10. The highest BCUT2D eigenvalue weighted by Crippen LogP contribution is 2.29. The quantitative estimate of drug-likeness (QED) is 0.581. The first kappa shape index (κ1) is 16.2.